The number of hydrogen-bond acceptors (Lipinski definition) is 6. The third-order valence-corrected chi connectivity index (χ3v) is 3.52. The van der Waals surface area contributed by atoms with Crippen molar-refractivity contribution in [2.24, 2.45) is 0 Å². The second-order valence-electron chi connectivity index (χ2n) is 3.77. The molecule has 1 saturated heterocycles. The zero-order chi connectivity index (χ0) is 14.1. The molecule has 1 fully saturated rings. The molecule has 1 aliphatic rings. The Morgan fingerprint density at radius 2 is 1.94 bits per heavy atom. The molecular formula is C8H13F3O6S. The van der Waals surface area contributed by atoms with Crippen molar-refractivity contribution in [3.05, 3.63) is 0 Å². The van der Waals surface area contributed by atoms with Crippen LogP contribution in [0.5, 0.6) is 0 Å². The summed E-state index contributed by atoms with van der Waals surface area (Å²) in [6.45, 7) is 1.37. The van der Waals surface area contributed by atoms with Crippen LogP contribution in [-0.2, 0) is 23.8 Å². The van der Waals surface area contributed by atoms with E-state index < -0.39 is 40.2 Å². The van der Waals surface area contributed by atoms with Gasteiger partial charge in [0, 0.05) is 13.5 Å². The highest BCUT2D eigenvalue weighted by molar-refractivity contribution is 7.87. The van der Waals surface area contributed by atoms with E-state index in [0.717, 1.165) is 0 Å². The normalized spacial score (nSPS) is 34.6. The number of hydrogen-bond donors (Lipinski definition) is 1. The number of ether oxygens (including phenoxy) is 2. The quantitative estimate of drug-likeness (QED) is 0.598. The first-order valence-electron chi connectivity index (χ1n) is 4.94. The number of aliphatic hydroxyl groups excluding tert-OH is 1. The summed E-state index contributed by atoms with van der Waals surface area (Å²) >= 11 is 0. The number of methoxy groups -OCH3 is 1. The Balaban J connectivity index is 2.82. The molecule has 0 aromatic carbocycles. The van der Waals surface area contributed by atoms with Gasteiger partial charge in [0.15, 0.2) is 6.29 Å². The van der Waals surface area contributed by atoms with Gasteiger partial charge in [0.25, 0.3) is 0 Å². The zero-order valence-corrected chi connectivity index (χ0v) is 10.4. The first kappa shape index (κ1) is 15.6. The van der Waals surface area contributed by atoms with E-state index in [1.54, 1.807) is 0 Å². The molecule has 0 spiro atoms. The zero-order valence-electron chi connectivity index (χ0n) is 9.55. The molecule has 1 heterocycles. The van der Waals surface area contributed by atoms with Crippen LogP contribution in [0.2, 0.25) is 0 Å². The van der Waals surface area contributed by atoms with E-state index in [9.17, 15) is 26.7 Å². The lowest BCUT2D eigenvalue weighted by atomic mass is 10.0. The van der Waals surface area contributed by atoms with Crippen molar-refractivity contribution in [3.8, 4) is 0 Å². The minimum absolute atomic E-state index is 0.322. The van der Waals surface area contributed by atoms with Crippen molar-refractivity contribution in [2.45, 2.75) is 43.5 Å². The molecule has 4 atom stereocenters. The summed E-state index contributed by atoms with van der Waals surface area (Å²) in [5, 5.41) is 9.54. The molecule has 0 aromatic heterocycles. The van der Waals surface area contributed by atoms with Crippen molar-refractivity contribution >= 4 is 10.1 Å². The van der Waals surface area contributed by atoms with Crippen LogP contribution in [0.15, 0.2) is 0 Å². The second kappa shape index (κ2) is 5.29. The molecule has 18 heavy (non-hydrogen) atoms. The van der Waals surface area contributed by atoms with Crippen molar-refractivity contribution in [3.63, 3.8) is 0 Å². The van der Waals surface area contributed by atoms with Gasteiger partial charge in [-0.15, -0.1) is 0 Å². The first-order valence-corrected chi connectivity index (χ1v) is 6.35. The summed E-state index contributed by atoms with van der Waals surface area (Å²) in [6, 6.07) is 0. The smallest absolute Gasteiger partial charge is 0.388 e. The Morgan fingerprint density at radius 3 is 2.39 bits per heavy atom. The monoisotopic (exact) mass is 294 g/mol. The minimum atomic E-state index is -5.76. The topological polar surface area (TPSA) is 82.1 Å². The Kier molecular flexibility index (Phi) is 4.60. The van der Waals surface area contributed by atoms with Crippen molar-refractivity contribution < 1.29 is 40.4 Å². The lowest BCUT2D eigenvalue weighted by Crippen LogP contribution is -2.50. The molecule has 0 radical (unpaired) electrons. The molecule has 1 N–H and O–H groups in total. The maximum atomic E-state index is 12.1. The average Bonchev–Trinajstić information content (AvgIpc) is 2.22. The van der Waals surface area contributed by atoms with Crippen LogP contribution in [0.3, 0.4) is 0 Å². The third kappa shape index (κ3) is 3.32. The lowest BCUT2D eigenvalue weighted by molar-refractivity contribution is -0.233. The molecule has 0 bridgehead atoms. The van der Waals surface area contributed by atoms with E-state index in [0.29, 0.717) is 0 Å². The van der Waals surface area contributed by atoms with E-state index in [1.807, 2.05) is 0 Å². The van der Waals surface area contributed by atoms with Gasteiger partial charge in [-0.25, -0.2) is 0 Å². The van der Waals surface area contributed by atoms with Gasteiger partial charge < -0.3 is 14.6 Å². The Bertz CT molecular complexity index is 381. The van der Waals surface area contributed by atoms with Crippen LogP contribution >= 0.6 is 0 Å². The number of aliphatic hydroxyl groups is 1. The summed E-state index contributed by atoms with van der Waals surface area (Å²) in [4.78, 5) is 0. The summed E-state index contributed by atoms with van der Waals surface area (Å²) in [6.07, 6.45) is -5.22. The van der Waals surface area contributed by atoms with E-state index in [2.05, 4.69) is 4.18 Å². The van der Waals surface area contributed by atoms with Gasteiger partial charge in [-0.05, 0) is 6.92 Å². The highest BCUT2D eigenvalue weighted by atomic mass is 32.2. The van der Waals surface area contributed by atoms with Gasteiger partial charge in [-0.1, -0.05) is 0 Å². The number of halogens is 3. The molecule has 0 aromatic rings. The van der Waals surface area contributed by atoms with Crippen LogP contribution in [0.25, 0.3) is 0 Å². The summed E-state index contributed by atoms with van der Waals surface area (Å²) < 4.78 is 71.9. The van der Waals surface area contributed by atoms with E-state index in [1.165, 1.54) is 14.0 Å². The molecule has 0 unspecified atom stereocenters. The van der Waals surface area contributed by atoms with Crippen LogP contribution in [0.1, 0.15) is 13.3 Å². The van der Waals surface area contributed by atoms with Gasteiger partial charge in [-0.3, -0.25) is 4.18 Å². The van der Waals surface area contributed by atoms with E-state index in [-0.39, 0.29) is 6.42 Å². The Labute approximate surface area is 102 Å². The van der Waals surface area contributed by atoms with Crippen molar-refractivity contribution in [1.82, 2.24) is 0 Å². The molecule has 1 rings (SSSR count). The van der Waals surface area contributed by atoms with Crippen LogP contribution in [-0.4, -0.2) is 50.7 Å². The Morgan fingerprint density at radius 1 is 1.39 bits per heavy atom. The molecule has 10 heteroatoms. The molecule has 1 aliphatic heterocycles. The van der Waals surface area contributed by atoms with E-state index in [4.69, 9.17) is 9.47 Å². The minimum Gasteiger partial charge on any atom is -0.388 e. The molecule has 0 saturated carbocycles. The maximum Gasteiger partial charge on any atom is 0.523 e. The number of rotatable bonds is 3. The van der Waals surface area contributed by atoms with Gasteiger partial charge in [0.05, 0.1) is 6.10 Å². The predicted octanol–water partition coefficient (Wildman–Crippen LogP) is 0.363. The molecule has 0 aliphatic carbocycles. The first-order chi connectivity index (χ1) is 8.08. The molecule has 0 amide bonds. The van der Waals surface area contributed by atoms with Gasteiger partial charge in [-0.2, -0.15) is 21.6 Å². The highest BCUT2D eigenvalue weighted by Gasteiger charge is 2.51. The molecule has 108 valence electrons. The fraction of sp³-hybridized carbons (Fsp3) is 1.00. The SMILES string of the molecule is CO[C@H]1C[C@@H](OS(=O)(=O)C(F)(F)F)[C@@H](O)[C@@H](C)O1. The Hall–Kier alpha value is -0.420. The fourth-order valence-electron chi connectivity index (χ4n) is 1.47. The van der Waals surface area contributed by atoms with Crippen LogP contribution in [0, 0.1) is 0 Å². The lowest BCUT2D eigenvalue weighted by Gasteiger charge is -2.36. The highest BCUT2D eigenvalue weighted by Crippen LogP contribution is 2.30. The number of alkyl halides is 3. The van der Waals surface area contributed by atoms with Gasteiger partial charge in [0.1, 0.15) is 12.2 Å². The summed E-state index contributed by atoms with van der Waals surface area (Å²) in [5.41, 5.74) is -5.53. The van der Waals surface area contributed by atoms with Crippen molar-refractivity contribution in [1.29, 1.82) is 0 Å². The van der Waals surface area contributed by atoms with E-state index >= 15 is 0 Å². The summed E-state index contributed by atoms with van der Waals surface area (Å²) in [5.74, 6) is 0. The fourth-order valence-corrected chi connectivity index (χ4v) is 2.10. The standard InChI is InChI=1S/C8H13F3O6S/c1-4-7(12)5(3-6(15-2)16-4)17-18(13,14)8(9,10)11/h4-7,12H,3H2,1-2H3/t4-,5-,6-,7+/m1/s1. The maximum absolute atomic E-state index is 12.1. The molecular weight excluding hydrogens is 281 g/mol. The van der Waals surface area contributed by atoms with Gasteiger partial charge in [0.2, 0.25) is 0 Å². The van der Waals surface area contributed by atoms with Crippen LogP contribution in [0.4, 0.5) is 13.2 Å². The second-order valence-corrected chi connectivity index (χ2v) is 5.33. The van der Waals surface area contributed by atoms with Crippen LogP contribution < -0.4 is 0 Å². The van der Waals surface area contributed by atoms with Gasteiger partial charge >= 0.3 is 15.6 Å². The summed E-state index contributed by atoms with van der Waals surface area (Å²) in [7, 11) is -4.52. The van der Waals surface area contributed by atoms with Crippen molar-refractivity contribution in [2.75, 3.05) is 7.11 Å². The molecule has 6 nitrogen and oxygen atoms in total. The largest absolute Gasteiger partial charge is 0.523 e. The average molecular weight is 294 g/mol. The third-order valence-electron chi connectivity index (χ3n) is 2.45. The predicted molar refractivity (Wildman–Crippen MR) is 51.8 cm³/mol.